The van der Waals surface area contributed by atoms with Gasteiger partial charge in [-0.3, -0.25) is 14.4 Å². The first-order valence-electron chi connectivity index (χ1n) is 13.4. The molecule has 3 N–H and O–H groups in total. The summed E-state index contributed by atoms with van der Waals surface area (Å²) in [4.78, 5) is 40.1. The minimum absolute atomic E-state index is 0.00626. The molecule has 7 nitrogen and oxygen atoms in total. The summed E-state index contributed by atoms with van der Waals surface area (Å²) in [7, 11) is 0. The number of thioether (sulfide) groups is 1. The fourth-order valence-electron chi connectivity index (χ4n) is 4.10. The second-order valence-electron chi connectivity index (χ2n) is 9.39. The highest BCUT2D eigenvalue weighted by Crippen LogP contribution is 2.37. The van der Waals surface area contributed by atoms with Crippen LogP contribution in [-0.2, 0) is 9.59 Å². The van der Waals surface area contributed by atoms with Crippen molar-refractivity contribution in [3.8, 4) is 0 Å². The van der Waals surface area contributed by atoms with Crippen molar-refractivity contribution in [1.82, 2.24) is 5.32 Å². The summed E-state index contributed by atoms with van der Waals surface area (Å²) < 4.78 is 20.4. The van der Waals surface area contributed by atoms with Gasteiger partial charge in [0.05, 0.1) is 12.0 Å². The highest BCUT2D eigenvalue weighted by Gasteiger charge is 2.23. The fourth-order valence-corrected chi connectivity index (χ4v) is 5.46. The lowest BCUT2D eigenvalue weighted by atomic mass is 10.1. The van der Waals surface area contributed by atoms with E-state index in [4.69, 9.17) is 4.42 Å². The molecule has 0 radical (unpaired) electrons. The maximum atomic E-state index is 14.5. The third-order valence-corrected chi connectivity index (χ3v) is 8.01. The largest absolute Gasteiger partial charge is 0.465 e. The second-order valence-corrected chi connectivity index (χ2v) is 11.5. The summed E-state index contributed by atoms with van der Waals surface area (Å²) in [5.41, 5.74) is 1.68. The van der Waals surface area contributed by atoms with Crippen LogP contribution in [0.5, 0.6) is 0 Å². The Morgan fingerprint density at radius 3 is 2.18 bits per heavy atom. The molecule has 0 fully saturated rings. The summed E-state index contributed by atoms with van der Waals surface area (Å²) in [6, 6.07) is 32.4. The van der Waals surface area contributed by atoms with E-state index in [1.807, 2.05) is 30.3 Å². The maximum Gasteiger partial charge on any atom is 0.272 e. The van der Waals surface area contributed by atoms with Crippen molar-refractivity contribution >= 4 is 62.9 Å². The topological polar surface area (TPSA) is 100 Å². The van der Waals surface area contributed by atoms with Gasteiger partial charge in [0.1, 0.15) is 22.5 Å². The lowest BCUT2D eigenvalue weighted by Gasteiger charge is -2.18. The zero-order valence-corrected chi connectivity index (χ0v) is 25.4. The number of amides is 3. The minimum Gasteiger partial charge on any atom is -0.465 e. The van der Waals surface area contributed by atoms with Gasteiger partial charge in [-0.1, -0.05) is 64.5 Å². The van der Waals surface area contributed by atoms with Crippen LogP contribution in [0.2, 0.25) is 0 Å². The minimum atomic E-state index is -0.685. The molecule has 5 rings (SSSR count). The van der Waals surface area contributed by atoms with Gasteiger partial charge in [-0.05, 0) is 72.3 Å². The smallest absolute Gasteiger partial charge is 0.272 e. The quantitative estimate of drug-likeness (QED) is 0.103. The van der Waals surface area contributed by atoms with Gasteiger partial charge in [0.25, 0.3) is 11.8 Å². The molecule has 220 valence electrons. The molecule has 0 aliphatic rings. The maximum absolute atomic E-state index is 14.5. The van der Waals surface area contributed by atoms with E-state index in [0.717, 1.165) is 10.5 Å². The van der Waals surface area contributed by atoms with Crippen LogP contribution in [0.25, 0.3) is 6.08 Å². The number of carbonyl (C=O) groups excluding carboxylic acids is 3. The predicted molar refractivity (Wildman–Crippen MR) is 173 cm³/mol. The molecule has 1 atom stereocenters. The van der Waals surface area contributed by atoms with Crippen LogP contribution >= 0.6 is 27.7 Å². The molecule has 1 unspecified atom stereocenters. The van der Waals surface area contributed by atoms with Gasteiger partial charge in [0.2, 0.25) is 5.91 Å². The first-order chi connectivity index (χ1) is 21.4. The Bertz CT molecular complexity index is 1780. The van der Waals surface area contributed by atoms with Crippen LogP contribution in [-0.4, -0.2) is 17.7 Å². The van der Waals surface area contributed by atoms with E-state index in [1.54, 1.807) is 72.8 Å². The lowest BCUT2D eigenvalue weighted by molar-refractivity contribution is -0.116. The van der Waals surface area contributed by atoms with E-state index in [0.29, 0.717) is 21.5 Å². The Morgan fingerprint density at radius 2 is 1.52 bits per heavy atom. The molecule has 1 heterocycles. The number of furan rings is 1. The predicted octanol–water partition coefficient (Wildman–Crippen LogP) is 8.06. The van der Waals surface area contributed by atoms with Crippen LogP contribution in [0.3, 0.4) is 0 Å². The van der Waals surface area contributed by atoms with Crippen molar-refractivity contribution in [1.29, 1.82) is 0 Å². The van der Waals surface area contributed by atoms with Crippen molar-refractivity contribution in [2.45, 2.75) is 10.1 Å². The first kappa shape index (κ1) is 30.5. The third-order valence-electron chi connectivity index (χ3n) is 6.25. The summed E-state index contributed by atoms with van der Waals surface area (Å²) >= 11 is 4.51. The molecule has 1 aromatic heterocycles. The van der Waals surface area contributed by atoms with Crippen LogP contribution in [0, 0.1) is 5.82 Å². The number of halogens is 2. The number of hydrogen-bond acceptors (Lipinski definition) is 5. The highest BCUT2D eigenvalue weighted by atomic mass is 79.9. The van der Waals surface area contributed by atoms with E-state index in [2.05, 4.69) is 31.9 Å². The van der Waals surface area contributed by atoms with Crippen molar-refractivity contribution in [2.75, 3.05) is 10.6 Å². The number of benzene rings is 4. The van der Waals surface area contributed by atoms with Crippen LogP contribution < -0.4 is 16.0 Å². The number of nitrogens with one attached hydrogen (secondary N) is 3. The molecule has 0 bridgehead atoms. The van der Waals surface area contributed by atoms with Crippen LogP contribution in [0.15, 0.2) is 141 Å². The summed E-state index contributed by atoms with van der Waals surface area (Å²) in [5, 5.41) is 7.46. The molecule has 10 heteroatoms. The van der Waals surface area contributed by atoms with Crippen molar-refractivity contribution in [3.63, 3.8) is 0 Å². The van der Waals surface area contributed by atoms with Crippen molar-refractivity contribution in [3.05, 3.63) is 154 Å². The van der Waals surface area contributed by atoms with E-state index in [9.17, 15) is 18.8 Å². The molecule has 0 spiro atoms. The first-order valence-corrected chi connectivity index (χ1v) is 15.0. The van der Waals surface area contributed by atoms with E-state index in [-0.39, 0.29) is 17.3 Å². The molecule has 5 aromatic rings. The van der Waals surface area contributed by atoms with Gasteiger partial charge in [-0.2, -0.15) is 0 Å². The lowest BCUT2D eigenvalue weighted by Crippen LogP contribution is -2.30. The molecule has 4 aromatic carbocycles. The fraction of sp³-hybridized carbons (Fsp3) is 0.0294. The van der Waals surface area contributed by atoms with Gasteiger partial charge in [0, 0.05) is 26.7 Å². The third kappa shape index (κ3) is 8.12. The number of hydrogen-bond donors (Lipinski definition) is 3. The van der Waals surface area contributed by atoms with Crippen LogP contribution in [0.4, 0.5) is 15.8 Å². The van der Waals surface area contributed by atoms with Gasteiger partial charge >= 0.3 is 0 Å². The summed E-state index contributed by atoms with van der Waals surface area (Å²) in [6.45, 7) is 0. The molecule has 0 aliphatic heterocycles. The molecule has 0 saturated carbocycles. The summed E-state index contributed by atoms with van der Waals surface area (Å²) in [5.74, 6) is -1.54. The zero-order valence-electron chi connectivity index (χ0n) is 23.0. The zero-order chi connectivity index (χ0) is 30.9. The van der Waals surface area contributed by atoms with Crippen molar-refractivity contribution in [2.24, 2.45) is 0 Å². The Hall–Kier alpha value is -4.93. The van der Waals surface area contributed by atoms with Gasteiger partial charge in [-0.25, -0.2) is 4.39 Å². The van der Waals surface area contributed by atoms with E-state index in [1.165, 1.54) is 36.2 Å². The Balaban J connectivity index is 1.31. The average Bonchev–Trinajstić information content (AvgIpc) is 3.55. The van der Waals surface area contributed by atoms with E-state index >= 15 is 0 Å². The molecule has 44 heavy (non-hydrogen) atoms. The monoisotopic (exact) mass is 669 g/mol. The normalized spacial score (nSPS) is 11.8. The SMILES string of the molecule is O=C(Nc1ccc(SC(C(=O)Nc2ccc(Br)cc2F)c2ccccc2)cc1)/C(=C/c1ccco1)NC(=O)c1ccccc1. The number of anilines is 2. The Morgan fingerprint density at radius 1 is 0.818 bits per heavy atom. The Kier molecular flexibility index (Phi) is 10.1. The van der Waals surface area contributed by atoms with Crippen LogP contribution in [0.1, 0.15) is 26.9 Å². The average molecular weight is 671 g/mol. The van der Waals surface area contributed by atoms with Gasteiger partial charge < -0.3 is 20.4 Å². The molecule has 0 saturated heterocycles. The summed E-state index contributed by atoms with van der Waals surface area (Å²) in [6.07, 6.45) is 2.91. The molecular weight excluding hydrogens is 645 g/mol. The standard InChI is InChI=1S/C34H25BrFN3O4S/c35-24-13-18-29(28(36)20-24)38-34(42)31(22-8-3-1-4-9-22)44-27-16-14-25(15-17-27)37-33(41)30(21-26-12-7-19-43-26)39-32(40)23-10-5-2-6-11-23/h1-21,31H,(H,37,41)(H,38,42)(H,39,40)/b30-21-. The second kappa shape index (κ2) is 14.5. The molecule has 0 aliphatic carbocycles. The van der Waals surface area contributed by atoms with E-state index < -0.39 is 22.9 Å². The number of rotatable bonds is 10. The number of carbonyl (C=O) groups is 3. The van der Waals surface area contributed by atoms with Crippen molar-refractivity contribution < 1.29 is 23.2 Å². The molecule has 3 amide bonds. The van der Waals surface area contributed by atoms with Gasteiger partial charge in [-0.15, -0.1) is 11.8 Å². The van der Waals surface area contributed by atoms with Gasteiger partial charge in [0.15, 0.2) is 0 Å². The molecular formula is C34H25BrFN3O4S. The Labute approximate surface area is 265 Å². The highest BCUT2D eigenvalue weighted by molar-refractivity contribution is 9.10.